The number of hydrogen-bond donors (Lipinski definition) is 3. The molecule has 1 fully saturated rings. The van der Waals surface area contributed by atoms with E-state index < -0.39 is 0 Å². The van der Waals surface area contributed by atoms with Gasteiger partial charge in [0.25, 0.3) is 0 Å². The number of ether oxygens (including phenoxy) is 1. The number of thiocarbonyl (C=S) groups is 1. The first-order valence-corrected chi connectivity index (χ1v) is 9.89. The summed E-state index contributed by atoms with van der Waals surface area (Å²) in [5.74, 6) is 0. The fraction of sp³-hybridized carbons (Fsp3) is 0.400. The molecule has 1 amide bonds. The number of likely N-dealkylation sites (tertiary alicyclic amines) is 1. The van der Waals surface area contributed by atoms with Crippen LogP contribution < -0.4 is 16.0 Å². The van der Waals surface area contributed by atoms with E-state index >= 15 is 0 Å². The van der Waals surface area contributed by atoms with E-state index in [2.05, 4.69) is 16.0 Å². The van der Waals surface area contributed by atoms with Crippen molar-refractivity contribution < 1.29 is 13.9 Å². The van der Waals surface area contributed by atoms with E-state index in [0.717, 1.165) is 29.8 Å². The van der Waals surface area contributed by atoms with Gasteiger partial charge in [0.1, 0.15) is 0 Å². The summed E-state index contributed by atoms with van der Waals surface area (Å²) in [7, 11) is 0. The first-order valence-electron chi connectivity index (χ1n) is 9.49. The summed E-state index contributed by atoms with van der Waals surface area (Å²) in [6, 6.07) is 10.1. The molecule has 8 heteroatoms. The second-order valence-electron chi connectivity index (χ2n) is 6.59. The molecule has 1 aliphatic rings. The molecule has 1 aliphatic heterocycles. The molecular weight excluding hydrogens is 376 g/mol. The van der Waals surface area contributed by atoms with Gasteiger partial charge in [0.2, 0.25) is 0 Å². The van der Waals surface area contributed by atoms with Crippen molar-refractivity contribution in [3.8, 4) is 0 Å². The maximum absolute atomic E-state index is 11.8. The van der Waals surface area contributed by atoms with E-state index in [-0.39, 0.29) is 12.1 Å². The van der Waals surface area contributed by atoms with E-state index in [9.17, 15) is 4.79 Å². The van der Waals surface area contributed by atoms with E-state index in [1.807, 2.05) is 37.3 Å². The Morgan fingerprint density at radius 3 is 2.68 bits per heavy atom. The molecule has 1 saturated heterocycles. The van der Waals surface area contributed by atoms with Gasteiger partial charge in [-0.3, -0.25) is 0 Å². The molecule has 3 rings (SSSR count). The van der Waals surface area contributed by atoms with Crippen LogP contribution in [0.3, 0.4) is 0 Å². The zero-order valence-electron chi connectivity index (χ0n) is 15.9. The number of amides is 1. The van der Waals surface area contributed by atoms with Crippen LogP contribution in [0.4, 0.5) is 16.2 Å². The number of carbonyl (C=O) groups excluding carboxylic acids is 1. The Bertz CT molecular complexity index is 774. The van der Waals surface area contributed by atoms with Crippen molar-refractivity contribution in [2.45, 2.75) is 32.4 Å². The Labute approximate surface area is 170 Å². The van der Waals surface area contributed by atoms with E-state index in [4.69, 9.17) is 21.4 Å². The molecule has 150 valence electrons. The molecule has 1 aromatic carbocycles. The molecule has 2 aromatic rings. The maximum Gasteiger partial charge on any atom is 0.409 e. The van der Waals surface area contributed by atoms with Crippen LogP contribution in [-0.4, -0.2) is 41.8 Å². The van der Waals surface area contributed by atoms with Gasteiger partial charge in [-0.05, 0) is 50.2 Å². The Morgan fingerprint density at radius 2 is 2.00 bits per heavy atom. The van der Waals surface area contributed by atoms with Crippen molar-refractivity contribution >= 4 is 34.8 Å². The van der Waals surface area contributed by atoms with Crippen molar-refractivity contribution in [3.63, 3.8) is 0 Å². The van der Waals surface area contributed by atoms with Crippen LogP contribution in [0, 0.1) is 0 Å². The molecule has 0 atom stereocenters. The largest absolute Gasteiger partial charge is 0.472 e. The summed E-state index contributed by atoms with van der Waals surface area (Å²) in [6.45, 7) is 4.23. The number of benzene rings is 1. The number of anilines is 2. The first kappa shape index (κ1) is 20.0. The summed E-state index contributed by atoms with van der Waals surface area (Å²) in [5.41, 5.74) is 2.95. The van der Waals surface area contributed by atoms with E-state index in [0.29, 0.717) is 31.4 Å². The SMILES string of the molecule is CCOC(=O)N1CCC(NC(=S)Nc2ccccc2NCc2ccoc2)CC1. The minimum atomic E-state index is -0.237. The zero-order valence-corrected chi connectivity index (χ0v) is 16.8. The Balaban J connectivity index is 1.48. The number of nitrogens with zero attached hydrogens (tertiary/aromatic N) is 1. The predicted molar refractivity (Wildman–Crippen MR) is 113 cm³/mol. The highest BCUT2D eigenvalue weighted by Crippen LogP contribution is 2.22. The minimum Gasteiger partial charge on any atom is -0.472 e. The molecule has 7 nitrogen and oxygen atoms in total. The van der Waals surface area contributed by atoms with E-state index in [1.165, 1.54) is 0 Å². The maximum atomic E-state index is 11.8. The number of para-hydroxylation sites is 2. The Morgan fingerprint density at radius 1 is 1.25 bits per heavy atom. The molecular formula is C20H26N4O3S. The van der Waals surface area contributed by atoms with Crippen molar-refractivity contribution in [3.05, 3.63) is 48.4 Å². The van der Waals surface area contributed by atoms with Gasteiger partial charge in [0.05, 0.1) is 30.5 Å². The summed E-state index contributed by atoms with van der Waals surface area (Å²) in [4.78, 5) is 13.5. The summed E-state index contributed by atoms with van der Waals surface area (Å²) in [5, 5.41) is 10.6. The second-order valence-corrected chi connectivity index (χ2v) is 7.00. The quantitative estimate of drug-likeness (QED) is 0.634. The summed E-state index contributed by atoms with van der Waals surface area (Å²) < 4.78 is 10.2. The summed E-state index contributed by atoms with van der Waals surface area (Å²) >= 11 is 5.49. The minimum absolute atomic E-state index is 0.233. The van der Waals surface area contributed by atoms with Gasteiger partial charge in [0.15, 0.2) is 5.11 Å². The molecule has 0 spiro atoms. The smallest absolute Gasteiger partial charge is 0.409 e. The van der Waals surface area contributed by atoms with Crippen LogP contribution in [-0.2, 0) is 11.3 Å². The number of furan rings is 1. The number of rotatable bonds is 6. The third-order valence-electron chi connectivity index (χ3n) is 4.59. The first-order chi connectivity index (χ1) is 13.7. The molecule has 28 heavy (non-hydrogen) atoms. The van der Waals surface area contributed by atoms with Gasteiger partial charge in [0, 0.05) is 31.2 Å². The average Bonchev–Trinajstić information content (AvgIpc) is 3.21. The van der Waals surface area contributed by atoms with Gasteiger partial charge in [-0.1, -0.05) is 12.1 Å². The highest BCUT2D eigenvalue weighted by atomic mass is 32.1. The summed E-state index contributed by atoms with van der Waals surface area (Å²) in [6.07, 6.45) is 4.81. The number of nitrogens with one attached hydrogen (secondary N) is 3. The zero-order chi connectivity index (χ0) is 19.8. The normalized spacial score (nSPS) is 14.4. The number of hydrogen-bond acceptors (Lipinski definition) is 5. The Kier molecular flexibility index (Phi) is 7.13. The molecule has 0 aliphatic carbocycles. The molecule has 0 unspecified atom stereocenters. The van der Waals surface area contributed by atoms with Crippen molar-refractivity contribution in [2.24, 2.45) is 0 Å². The van der Waals surface area contributed by atoms with Gasteiger partial charge in [-0.2, -0.15) is 0 Å². The van der Waals surface area contributed by atoms with Gasteiger partial charge < -0.3 is 30.0 Å². The molecule has 2 heterocycles. The highest BCUT2D eigenvalue weighted by Gasteiger charge is 2.23. The Hall–Kier alpha value is -2.74. The molecule has 1 aromatic heterocycles. The van der Waals surface area contributed by atoms with Gasteiger partial charge in [-0.15, -0.1) is 0 Å². The van der Waals surface area contributed by atoms with Crippen molar-refractivity contribution in [1.29, 1.82) is 0 Å². The topological polar surface area (TPSA) is 78.8 Å². The predicted octanol–water partition coefficient (Wildman–Crippen LogP) is 3.80. The fourth-order valence-corrected chi connectivity index (χ4v) is 3.38. The van der Waals surface area contributed by atoms with Crippen LogP contribution in [0.1, 0.15) is 25.3 Å². The van der Waals surface area contributed by atoms with Gasteiger partial charge >= 0.3 is 6.09 Å². The lowest BCUT2D eigenvalue weighted by Crippen LogP contribution is -2.47. The van der Waals surface area contributed by atoms with E-state index in [1.54, 1.807) is 17.4 Å². The lowest BCUT2D eigenvalue weighted by molar-refractivity contribution is 0.0964. The van der Waals surface area contributed by atoms with Crippen LogP contribution in [0.5, 0.6) is 0 Å². The third-order valence-corrected chi connectivity index (χ3v) is 4.81. The second kappa shape index (κ2) is 9.98. The van der Waals surface area contributed by atoms with Crippen LogP contribution in [0.25, 0.3) is 0 Å². The monoisotopic (exact) mass is 402 g/mol. The number of piperidine rings is 1. The van der Waals surface area contributed by atoms with Crippen LogP contribution >= 0.6 is 12.2 Å². The molecule has 0 saturated carbocycles. The van der Waals surface area contributed by atoms with Crippen LogP contribution in [0.15, 0.2) is 47.3 Å². The van der Waals surface area contributed by atoms with Crippen molar-refractivity contribution in [2.75, 3.05) is 30.3 Å². The third kappa shape index (κ3) is 5.63. The van der Waals surface area contributed by atoms with Crippen molar-refractivity contribution in [1.82, 2.24) is 10.2 Å². The molecule has 0 radical (unpaired) electrons. The number of carbonyl (C=O) groups is 1. The molecule has 3 N–H and O–H groups in total. The van der Waals surface area contributed by atoms with Crippen LogP contribution in [0.2, 0.25) is 0 Å². The fourth-order valence-electron chi connectivity index (χ4n) is 3.10. The lowest BCUT2D eigenvalue weighted by Gasteiger charge is -2.32. The molecule has 0 bridgehead atoms. The standard InChI is InChI=1S/C20H26N4O3S/c1-2-27-20(25)24-10-7-16(8-11-24)22-19(28)23-18-6-4-3-5-17(18)21-13-15-9-12-26-14-15/h3-6,9,12,14,16,21H,2,7-8,10-11,13H2,1H3,(H2,22,23,28). The lowest BCUT2D eigenvalue weighted by atomic mass is 10.1. The van der Waals surface area contributed by atoms with Gasteiger partial charge in [-0.25, -0.2) is 4.79 Å². The average molecular weight is 403 g/mol. The highest BCUT2D eigenvalue weighted by molar-refractivity contribution is 7.80.